The third-order valence-corrected chi connectivity index (χ3v) is 3.09. The fourth-order valence-corrected chi connectivity index (χ4v) is 2.05. The van der Waals surface area contributed by atoms with Crippen LogP contribution in [-0.4, -0.2) is 15.2 Å². The van der Waals surface area contributed by atoms with Crippen molar-refractivity contribution in [2.75, 3.05) is 5.32 Å². The molecule has 2 rings (SSSR count). The smallest absolute Gasteiger partial charge is 0.159 e. The maximum atomic E-state index is 5.59. The molecule has 2 aromatic rings. The number of rotatable bonds is 4. The molecule has 0 saturated heterocycles. The zero-order valence-corrected chi connectivity index (χ0v) is 10.0. The second-order valence-corrected chi connectivity index (χ2v) is 4.56. The van der Waals surface area contributed by atoms with Crippen molar-refractivity contribution in [1.82, 2.24) is 10.2 Å². The van der Waals surface area contributed by atoms with E-state index in [2.05, 4.69) is 21.6 Å². The average molecular weight is 250 g/mol. The molecule has 0 aliphatic rings. The fourth-order valence-electron chi connectivity index (χ4n) is 1.25. The normalized spacial score (nSPS) is 10.0. The highest BCUT2D eigenvalue weighted by molar-refractivity contribution is 7.80. The summed E-state index contributed by atoms with van der Waals surface area (Å²) < 4.78 is 0. The van der Waals surface area contributed by atoms with Gasteiger partial charge in [0, 0.05) is 4.88 Å². The Labute approximate surface area is 103 Å². The highest BCUT2D eigenvalue weighted by Gasteiger charge is 2.06. The molecule has 2 aromatic heterocycles. The average Bonchev–Trinajstić information content (AvgIpc) is 2.79. The van der Waals surface area contributed by atoms with Crippen LogP contribution in [0.25, 0.3) is 0 Å². The first-order valence-electron chi connectivity index (χ1n) is 4.65. The lowest BCUT2D eigenvalue weighted by Gasteiger charge is -2.07. The van der Waals surface area contributed by atoms with Crippen LogP contribution in [0, 0.1) is 0 Å². The van der Waals surface area contributed by atoms with E-state index in [0.29, 0.717) is 17.4 Å². The van der Waals surface area contributed by atoms with Crippen molar-refractivity contribution in [2.24, 2.45) is 5.73 Å². The van der Waals surface area contributed by atoms with Gasteiger partial charge in [-0.2, -0.15) is 5.10 Å². The van der Waals surface area contributed by atoms with Gasteiger partial charge in [-0.05, 0) is 17.5 Å². The van der Waals surface area contributed by atoms with Gasteiger partial charge in [-0.15, -0.1) is 16.4 Å². The SMILES string of the molecule is NC(=S)c1ccnnc1NCc1cccs1. The van der Waals surface area contributed by atoms with Gasteiger partial charge in [-0.1, -0.05) is 18.3 Å². The molecule has 0 fully saturated rings. The molecule has 0 aliphatic heterocycles. The third-order valence-electron chi connectivity index (χ3n) is 2.00. The van der Waals surface area contributed by atoms with Crippen molar-refractivity contribution in [2.45, 2.75) is 6.54 Å². The summed E-state index contributed by atoms with van der Waals surface area (Å²) in [6, 6.07) is 5.81. The van der Waals surface area contributed by atoms with Crippen LogP contribution in [0.1, 0.15) is 10.4 Å². The van der Waals surface area contributed by atoms with E-state index in [0.717, 1.165) is 5.56 Å². The Morgan fingerprint density at radius 2 is 2.38 bits per heavy atom. The maximum absolute atomic E-state index is 5.59. The molecule has 0 amide bonds. The van der Waals surface area contributed by atoms with E-state index in [4.69, 9.17) is 18.0 Å². The van der Waals surface area contributed by atoms with E-state index in [1.54, 1.807) is 23.6 Å². The summed E-state index contributed by atoms with van der Waals surface area (Å²) in [5.74, 6) is 0.628. The second-order valence-electron chi connectivity index (χ2n) is 3.09. The van der Waals surface area contributed by atoms with Crippen LogP contribution >= 0.6 is 23.6 Å². The number of nitrogens with one attached hydrogen (secondary N) is 1. The molecular formula is C10H10N4S2. The number of nitrogens with two attached hydrogens (primary N) is 1. The minimum absolute atomic E-state index is 0.323. The van der Waals surface area contributed by atoms with Crippen molar-refractivity contribution in [3.63, 3.8) is 0 Å². The van der Waals surface area contributed by atoms with Crippen molar-refractivity contribution < 1.29 is 0 Å². The summed E-state index contributed by atoms with van der Waals surface area (Å²) in [4.78, 5) is 1.54. The zero-order valence-electron chi connectivity index (χ0n) is 8.38. The molecule has 0 aromatic carbocycles. The van der Waals surface area contributed by atoms with Gasteiger partial charge in [0.25, 0.3) is 0 Å². The van der Waals surface area contributed by atoms with E-state index in [9.17, 15) is 0 Å². The zero-order chi connectivity index (χ0) is 11.4. The molecule has 0 saturated carbocycles. The molecule has 0 aliphatic carbocycles. The molecule has 0 spiro atoms. The molecule has 0 radical (unpaired) electrons. The van der Waals surface area contributed by atoms with Crippen molar-refractivity contribution in [3.8, 4) is 0 Å². The van der Waals surface area contributed by atoms with Gasteiger partial charge in [0.15, 0.2) is 5.82 Å². The van der Waals surface area contributed by atoms with Gasteiger partial charge in [0.05, 0.1) is 18.3 Å². The second kappa shape index (κ2) is 5.00. The molecular weight excluding hydrogens is 240 g/mol. The molecule has 0 atom stereocenters. The Bertz CT molecular complexity index is 481. The summed E-state index contributed by atoms with van der Waals surface area (Å²) in [7, 11) is 0. The molecule has 0 bridgehead atoms. The monoisotopic (exact) mass is 250 g/mol. The maximum Gasteiger partial charge on any atom is 0.159 e. The highest BCUT2D eigenvalue weighted by atomic mass is 32.1. The van der Waals surface area contributed by atoms with Gasteiger partial charge in [0.1, 0.15) is 4.99 Å². The van der Waals surface area contributed by atoms with Crippen LogP contribution in [0.3, 0.4) is 0 Å². The number of thiocarbonyl (C=S) groups is 1. The Morgan fingerprint density at radius 1 is 1.50 bits per heavy atom. The minimum Gasteiger partial charge on any atom is -0.389 e. The number of aromatic nitrogens is 2. The number of thiophene rings is 1. The van der Waals surface area contributed by atoms with Crippen LogP contribution in [-0.2, 0) is 6.54 Å². The first kappa shape index (κ1) is 11.0. The first-order valence-corrected chi connectivity index (χ1v) is 5.94. The molecule has 16 heavy (non-hydrogen) atoms. The predicted octanol–water partition coefficient (Wildman–Crippen LogP) is 1.78. The number of hydrogen-bond donors (Lipinski definition) is 2. The van der Waals surface area contributed by atoms with Crippen molar-refractivity contribution >= 4 is 34.4 Å². The van der Waals surface area contributed by atoms with E-state index in [1.807, 2.05) is 11.4 Å². The minimum atomic E-state index is 0.323. The highest BCUT2D eigenvalue weighted by Crippen LogP contribution is 2.14. The molecule has 6 heteroatoms. The Hall–Kier alpha value is -1.53. The van der Waals surface area contributed by atoms with Gasteiger partial charge in [-0.25, -0.2) is 0 Å². The topological polar surface area (TPSA) is 63.8 Å². The largest absolute Gasteiger partial charge is 0.389 e. The van der Waals surface area contributed by atoms with Gasteiger partial charge in [-0.3, -0.25) is 0 Å². The summed E-state index contributed by atoms with van der Waals surface area (Å²) >= 11 is 6.62. The lowest BCUT2D eigenvalue weighted by Crippen LogP contribution is -2.14. The van der Waals surface area contributed by atoms with Crippen LogP contribution in [0.2, 0.25) is 0 Å². The van der Waals surface area contributed by atoms with Crippen molar-refractivity contribution in [1.29, 1.82) is 0 Å². The lowest BCUT2D eigenvalue weighted by molar-refractivity contribution is 1.00. The molecule has 4 nitrogen and oxygen atoms in total. The summed E-state index contributed by atoms with van der Waals surface area (Å²) in [5.41, 5.74) is 6.31. The van der Waals surface area contributed by atoms with E-state index >= 15 is 0 Å². The summed E-state index contributed by atoms with van der Waals surface area (Å²) in [6.45, 7) is 0.700. The number of nitrogens with zero attached hydrogens (tertiary/aromatic N) is 2. The summed E-state index contributed by atoms with van der Waals surface area (Å²) in [6.07, 6.45) is 1.57. The first-order chi connectivity index (χ1) is 7.77. The number of anilines is 1. The Morgan fingerprint density at radius 3 is 3.06 bits per heavy atom. The molecule has 82 valence electrons. The fraction of sp³-hybridized carbons (Fsp3) is 0.100. The molecule has 3 N–H and O–H groups in total. The quantitative estimate of drug-likeness (QED) is 0.810. The van der Waals surface area contributed by atoms with Crippen molar-refractivity contribution in [3.05, 3.63) is 40.2 Å². The van der Waals surface area contributed by atoms with Crippen LogP contribution in [0.5, 0.6) is 0 Å². The summed E-state index contributed by atoms with van der Waals surface area (Å²) in [5, 5.41) is 13.0. The van der Waals surface area contributed by atoms with Crippen LogP contribution < -0.4 is 11.1 Å². The predicted molar refractivity (Wildman–Crippen MR) is 69.6 cm³/mol. The Balaban J connectivity index is 2.12. The number of hydrogen-bond acceptors (Lipinski definition) is 5. The van der Waals surface area contributed by atoms with Gasteiger partial charge < -0.3 is 11.1 Å². The Kier molecular flexibility index (Phi) is 3.43. The molecule has 0 unspecified atom stereocenters. The van der Waals surface area contributed by atoms with Crippen LogP contribution in [0.15, 0.2) is 29.8 Å². The van der Waals surface area contributed by atoms with Crippen LogP contribution in [0.4, 0.5) is 5.82 Å². The third kappa shape index (κ3) is 2.53. The van der Waals surface area contributed by atoms with Gasteiger partial charge >= 0.3 is 0 Å². The van der Waals surface area contributed by atoms with Gasteiger partial charge in [0.2, 0.25) is 0 Å². The standard InChI is InChI=1S/C10H10N4S2/c11-9(15)8-3-4-13-14-10(8)12-6-7-2-1-5-16-7/h1-5H,6H2,(H2,11,15)(H,12,14). The lowest BCUT2D eigenvalue weighted by atomic mass is 10.3. The molecule has 2 heterocycles. The van der Waals surface area contributed by atoms with E-state index in [-0.39, 0.29) is 0 Å². The van der Waals surface area contributed by atoms with E-state index < -0.39 is 0 Å². The van der Waals surface area contributed by atoms with E-state index in [1.165, 1.54) is 4.88 Å².